The standard InChI is InChI=1S/C24H18N4O2S/c1-16-10-8-9-15-19(16)25-23-26-21(29)24(31-23)20(17-11-4-2-5-12-17)27-28(22(24)30)18-13-6-3-7-14-18/h2-15H,1H3,(H,25,26,29). The number of hydrazone groups is 1. The zero-order valence-corrected chi connectivity index (χ0v) is 17.5. The fourth-order valence-electron chi connectivity index (χ4n) is 3.62. The summed E-state index contributed by atoms with van der Waals surface area (Å²) < 4.78 is -1.53. The van der Waals surface area contributed by atoms with Gasteiger partial charge in [-0.1, -0.05) is 78.5 Å². The van der Waals surface area contributed by atoms with Gasteiger partial charge in [0.05, 0.1) is 11.4 Å². The Morgan fingerprint density at radius 2 is 1.55 bits per heavy atom. The third-order valence-electron chi connectivity index (χ3n) is 5.20. The van der Waals surface area contributed by atoms with E-state index in [0.717, 1.165) is 23.0 Å². The van der Waals surface area contributed by atoms with Crippen molar-refractivity contribution >= 4 is 45.8 Å². The summed E-state index contributed by atoms with van der Waals surface area (Å²) in [6, 6.07) is 26.1. The van der Waals surface area contributed by atoms with E-state index in [2.05, 4.69) is 15.4 Å². The van der Waals surface area contributed by atoms with Gasteiger partial charge in [0, 0.05) is 5.56 Å². The molecule has 1 unspecified atom stereocenters. The molecule has 2 heterocycles. The van der Waals surface area contributed by atoms with Gasteiger partial charge in [-0.2, -0.15) is 10.1 Å². The van der Waals surface area contributed by atoms with Crippen molar-refractivity contribution in [2.24, 2.45) is 10.1 Å². The van der Waals surface area contributed by atoms with E-state index in [1.54, 1.807) is 12.1 Å². The van der Waals surface area contributed by atoms with Gasteiger partial charge in [0.1, 0.15) is 5.71 Å². The highest BCUT2D eigenvalue weighted by atomic mass is 32.2. The lowest BCUT2D eigenvalue weighted by Gasteiger charge is -2.19. The number of para-hydroxylation sites is 2. The van der Waals surface area contributed by atoms with Gasteiger partial charge in [-0.15, -0.1) is 0 Å². The number of aliphatic imine (C=N–C) groups is 1. The first-order valence-electron chi connectivity index (χ1n) is 9.78. The molecule has 1 N–H and O–H groups in total. The first-order chi connectivity index (χ1) is 15.1. The number of rotatable bonds is 3. The predicted molar refractivity (Wildman–Crippen MR) is 124 cm³/mol. The van der Waals surface area contributed by atoms with Crippen LogP contribution in [0.15, 0.2) is 95.0 Å². The average molecular weight is 427 g/mol. The fraction of sp³-hybridized carbons (Fsp3) is 0.0833. The Hall–Kier alpha value is -3.71. The summed E-state index contributed by atoms with van der Waals surface area (Å²) in [5.41, 5.74) is 3.45. The van der Waals surface area contributed by atoms with Crippen LogP contribution in [0.4, 0.5) is 11.4 Å². The molecule has 0 radical (unpaired) electrons. The number of amidine groups is 1. The third-order valence-corrected chi connectivity index (χ3v) is 6.45. The van der Waals surface area contributed by atoms with Crippen LogP contribution in [0.25, 0.3) is 0 Å². The zero-order chi connectivity index (χ0) is 21.4. The van der Waals surface area contributed by atoms with Crippen LogP contribution in [0.3, 0.4) is 0 Å². The number of amides is 2. The summed E-state index contributed by atoms with van der Waals surface area (Å²) in [6.45, 7) is 1.95. The number of hydrogen-bond donors (Lipinski definition) is 1. The molecule has 31 heavy (non-hydrogen) atoms. The topological polar surface area (TPSA) is 74.1 Å². The van der Waals surface area contributed by atoms with Gasteiger partial charge in [-0.25, -0.2) is 4.99 Å². The highest BCUT2D eigenvalue weighted by Crippen LogP contribution is 2.43. The largest absolute Gasteiger partial charge is 0.303 e. The molecule has 1 atom stereocenters. The molecule has 1 saturated heterocycles. The second kappa shape index (κ2) is 7.52. The highest BCUT2D eigenvalue weighted by molar-refractivity contribution is 8.17. The molecule has 0 saturated carbocycles. The number of aryl methyl sites for hydroxylation is 1. The van der Waals surface area contributed by atoms with Crippen molar-refractivity contribution in [2.45, 2.75) is 11.7 Å². The molecule has 152 valence electrons. The monoisotopic (exact) mass is 426 g/mol. The van der Waals surface area contributed by atoms with Crippen molar-refractivity contribution in [1.29, 1.82) is 0 Å². The van der Waals surface area contributed by atoms with Gasteiger partial charge in [0.25, 0.3) is 11.8 Å². The normalized spacial score (nSPS) is 21.6. The van der Waals surface area contributed by atoms with E-state index in [1.807, 2.05) is 79.7 Å². The minimum Gasteiger partial charge on any atom is -0.303 e. The molecule has 1 spiro atoms. The van der Waals surface area contributed by atoms with E-state index in [1.165, 1.54) is 5.01 Å². The van der Waals surface area contributed by atoms with Gasteiger partial charge >= 0.3 is 0 Å². The van der Waals surface area contributed by atoms with E-state index in [4.69, 9.17) is 0 Å². The molecule has 5 rings (SSSR count). The van der Waals surface area contributed by atoms with Crippen LogP contribution in [0.2, 0.25) is 0 Å². The first-order valence-corrected chi connectivity index (χ1v) is 10.6. The molecule has 2 aliphatic rings. The quantitative estimate of drug-likeness (QED) is 0.643. The Morgan fingerprint density at radius 3 is 2.26 bits per heavy atom. The molecular formula is C24H18N4O2S. The van der Waals surface area contributed by atoms with Gasteiger partial charge in [-0.3, -0.25) is 9.59 Å². The number of anilines is 1. The number of benzene rings is 3. The van der Waals surface area contributed by atoms with Crippen molar-refractivity contribution in [3.63, 3.8) is 0 Å². The fourth-order valence-corrected chi connectivity index (χ4v) is 4.77. The Labute approximate surface area is 183 Å². The summed E-state index contributed by atoms with van der Waals surface area (Å²) in [6.07, 6.45) is 0. The van der Waals surface area contributed by atoms with E-state index in [9.17, 15) is 9.59 Å². The number of nitrogens with one attached hydrogen (secondary N) is 1. The van der Waals surface area contributed by atoms with Crippen LogP contribution in [-0.4, -0.2) is 27.4 Å². The Balaban J connectivity index is 1.62. The molecule has 0 aromatic heterocycles. The number of hydrogen-bond acceptors (Lipinski definition) is 5. The van der Waals surface area contributed by atoms with E-state index in [0.29, 0.717) is 22.1 Å². The molecule has 2 amide bonds. The maximum absolute atomic E-state index is 13.7. The van der Waals surface area contributed by atoms with Gasteiger partial charge in [-0.05, 0) is 30.7 Å². The lowest BCUT2D eigenvalue weighted by Crippen LogP contribution is -2.50. The Bertz CT molecular complexity index is 1240. The Morgan fingerprint density at radius 1 is 0.903 bits per heavy atom. The highest BCUT2D eigenvalue weighted by Gasteiger charge is 2.62. The van der Waals surface area contributed by atoms with Crippen molar-refractivity contribution in [2.75, 3.05) is 5.01 Å². The summed E-state index contributed by atoms with van der Waals surface area (Å²) in [5, 5.41) is 9.12. The average Bonchev–Trinajstić information content (AvgIpc) is 3.28. The lowest BCUT2D eigenvalue weighted by molar-refractivity contribution is -0.127. The summed E-state index contributed by atoms with van der Waals surface area (Å²) in [4.78, 5) is 31.6. The molecule has 2 aliphatic heterocycles. The minimum atomic E-state index is -1.53. The third kappa shape index (κ3) is 3.14. The second-order valence-electron chi connectivity index (χ2n) is 7.21. The summed E-state index contributed by atoms with van der Waals surface area (Å²) in [5.74, 6) is -0.842. The summed E-state index contributed by atoms with van der Waals surface area (Å²) >= 11 is 1.11. The van der Waals surface area contributed by atoms with Crippen LogP contribution in [0, 0.1) is 6.92 Å². The molecule has 3 aromatic rings. The number of nitrogens with zero attached hydrogens (tertiary/aromatic N) is 3. The van der Waals surface area contributed by atoms with Crippen LogP contribution >= 0.6 is 11.8 Å². The molecule has 1 fully saturated rings. The van der Waals surface area contributed by atoms with Crippen LogP contribution in [0.5, 0.6) is 0 Å². The van der Waals surface area contributed by atoms with Gasteiger partial charge in [0.15, 0.2) is 5.17 Å². The van der Waals surface area contributed by atoms with E-state index in [-0.39, 0.29) is 0 Å². The van der Waals surface area contributed by atoms with Crippen LogP contribution in [-0.2, 0) is 9.59 Å². The van der Waals surface area contributed by atoms with Crippen LogP contribution < -0.4 is 10.3 Å². The van der Waals surface area contributed by atoms with Crippen molar-refractivity contribution in [1.82, 2.24) is 5.32 Å². The SMILES string of the molecule is Cc1ccccc1N=C1NC(=O)C2(S1)C(=O)N(c1ccccc1)N=C2c1ccccc1. The number of carbonyl (C=O) groups excluding carboxylic acids is 2. The minimum absolute atomic E-state index is 0.381. The number of thioether (sulfide) groups is 1. The van der Waals surface area contributed by atoms with Crippen molar-refractivity contribution < 1.29 is 9.59 Å². The smallest absolute Gasteiger partial charge is 0.280 e. The molecule has 3 aromatic carbocycles. The van der Waals surface area contributed by atoms with Crippen molar-refractivity contribution in [3.8, 4) is 0 Å². The first kappa shape index (κ1) is 19.3. The summed E-state index contributed by atoms with van der Waals surface area (Å²) in [7, 11) is 0. The zero-order valence-electron chi connectivity index (χ0n) is 16.6. The molecular weight excluding hydrogens is 408 g/mol. The van der Waals surface area contributed by atoms with E-state index >= 15 is 0 Å². The lowest BCUT2D eigenvalue weighted by atomic mass is 9.95. The molecule has 0 bridgehead atoms. The molecule has 6 nitrogen and oxygen atoms in total. The Kier molecular flexibility index (Phi) is 4.67. The maximum Gasteiger partial charge on any atom is 0.280 e. The van der Waals surface area contributed by atoms with E-state index < -0.39 is 16.6 Å². The maximum atomic E-state index is 13.7. The van der Waals surface area contributed by atoms with Crippen molar-refractivity contribution in [3.05, 3.63) is 96.1 Å². The van der Waals surface area contributed by atoms with Crippen LogP contribution in [0.1, 0.15) is 11.1 Å². The predicted octanol–water partition coefficient (Wildman–Crippen LogP) is 4.04. The molecule has 0 aliphatic carbocycles. The number of carbonyl (C=O) groups is 2. The van der Waals surface area contributed by atoms with Gasteiger partial charge in [0.2, 0.25) is 4.75 Å². The second-order valence-corrected chi connectivity index (χ2v) is 8.41. The van der Waals surface area contributed by atoms with Gasteiger partial charge < -0.3 is 5.32 Å². The molecule has 7 heteroatoms.